The first kappa shape index (κ1) is 12.6. The first-order valence-electron chi connectivity index (χ1n) is 5.28. The van der Waals surface area contributed by atoms with Crippen molar-refractivity contribution in [1.82, 2.24) is 0 Å². The SMILES string of the molecule is Cc1ccc(OCC(O)c2ccc(Br)s2)cc1. The molecule has 1 N–H and O–H groups in total. The van der Waals surface area contributed by atoms with Crippen LogP contribution < -0.4 is 4.74 Å². The van der Waals surface area contributed by atoms with E-state index in [0.29, 0.717) is 0 Å². The van der Waals surface area contributed by atoms with E-state index in [1.54, 1.807) is 0 Å². The van der Waals surface area contributed by atoms with E-state index in [-0.39, 0.29) is 6.61 Å². The third-order valence-corrected chi connectivity index (χ3v) is 4.08. The minimum atomic E-state index is -0.576. The number of hydrogen-bond donors (Lipinski definition) is 1. The highest BCUT2D eigenvalue weighted by molar-refractivity contribution is 9.11. The molecule has 2 aromatic rings. The summed E-state index contributed by atoms with van der Waals surface area (Å²) in [6, 6.07) is 11.6. The Morgan fingerprint density at radius 3 is 2.53 bits per heavy atom. The number of aryl methyl sites for hydroxylation is 1. The molecular formula is C13H13BrO2S. The van der Waals surface area contributed by atoms with Gasteiger partial charge in [0.05, 0.1) is 3.79 Å². The highest BCUT2D eigenvalue weighted by Gasteiger charge is 2.10. The fourth-order valence-electron chi connectivity index (χ4n) is 1.40. The summed E-state index contributed by atoms with van der Waals surface area (Å²) in [4.78, 5) is 0.906. The third kappa shape index (κ3) is 3.56. The molecule has 0 amide bonds. The Kier molecular flexibility index (Phi) is 4.20. The second-order valence-corrected chi connectivity index (χ2v) is 6.28. The molecule has 0 aliphatic heterocycles. The molecule has 2 rings (SSSR count). The van der Waals surface area contributed by atoms with Gasteiger partial charge in [-0.2, -0.15) is 0 Å². The number of rotatable bonds is 4. The Labute approximate surface area is 113 Å². The van der Waals surface area contributed by atoms with Gasteiger partial charge in [0.1, 0.15) is 18.5 Å². The lowest BCUT2D eigenvalue weighted by molar-refractivity contribution is 0.111. The molecule has 0 aliphatic carbocycles. The molecule has 90 valence electrons. The fourth-order valence-corrected chi connectivity index (χ4v) is 2.79. The van der Waals surface area contributed by atoms with E-state index in [0.717, 1.165) is 14.4 Å². The normalized spacial score (nSPS) is 12.4. The summed E-state index contributed by atoms with van der Waals surface area (Å²) < 4.78 is 6.54. The van der Waals surface area contributed by atoms with Gasteiger partial charge in [0, 0.05) is 4.88 Å². The van der Waals surface area contributed by atoms with E-state index in [1.165, 1.54) is 16.9 Å². The van der Waals surface area contributed by atoms with E-state index in [4.69, 9.17) is 4.74 Å². The van der Waals surface area contributed by atoms with E-state index in [2.05, 4.69) is 15.9 Å². The average Bonchev–Trinajstić information content (AvgIpc) is 2.75. The number of aliphatic hydroxyl groups excluding tert-OH is 1. The van der Waals surface area contributed by atoms with Crippen molar-refractivity contribution >= 4 is 27.3 Å². The van der Waals surface area contributed by atoms with Crippen LogP contribution >= 0.6 is 27.3 Å². The Morgan fingerprint density at radius 1 is 1.24 bits per heavy atom. The predicted octanol–water partition coefficient (Wildman–Crippen LogP) is 3.93. The summed E-state index contributed by atoms with van der Waals surface area (Å²) in [5.74, 6) is 0.783. The first-order chi connectivity index (χ1) is 8.15. The zero-order chi connectivity index (χ0) is 12.3. The van der Waals surface area contributed by atoms with Crippen LogP contribution in [0.2, 0.25) is 0 Å². The smallest absolute Gasteiger partial charge is 0.122 e. The molecule has 0 fully saturated rings. The van der Waals surface area contributed by atoms with Gasteiger partial charge in [-0.1, -0.05) is 17.7 Å². The molecule has 0 aliphatic rings. The van der Waals surface area contributed by atoms with Crippen LogP contribution in [0.5, 0.6) is 5.75 Å². The molecule has 0 saturated heterocycles. The zero-order valence-electron chi connectivity index (χ0n) is 9.39. The highest BCUT2D eigenvalue weighted by atomic mass is 79.9. The van der Waals surface area contributed by atoms with Gasteiger partial charge in [0.25, 0.3) is 0 Å². The molecular weight excluding hydrogens is 300 g/mol. The lowest BCUT2D eigenvalue weighted by Crippen LogP contribution is -2.08. The van der Waals surface area contributed by atoms with Crippen LogP contribution in [-0.4, -0.2) is 11.7 Å². The standard InChI is InChI=1S/C13H13BrO2S/c1-9-2-4-10(5-3-9)16-8-11(15)12-6-7-13(14)17-12/h2-7,11,15H,8H2,1H3. The summed E-state index contributed by atoms with van der Waals surface area (Å²) in [6.07, 6.45) is -0.576. The molecule has 0 spiro atoms. The van der Waals surface area contributed by atoms with Crippen molar-refractivity contribution in [3.63, 3.8) is 0 Å². The molecule has 4 heteroatoms. The van der Waals surface area contributed by atoms with Gasteiger partial charge in [0.2, 0.25) is 0 Å². The van der Waals surface area contributed by atoms with Gasteiger partial charge < -0.3 is 9.84 Å². The predicted molar refractivity (Wildman–Crippen MR) is 73.7 cm³/mol. The first-order valence-corrected chi connectivity index (χ1v) is 6.89. The van der Waals surface area contributed by atoms with Gasteiger partial charge in [-0.15, -0.1) is 11.3 Å². The van der Waals surface area contributed by atoms with Gasteiger partial charge >= 0.3 is 0 Å². The van der Waals surface area contributed by atoms with Crippen molar-refractivity contribution in [1.29, 1.82) is 0 Å². The topological polar surface area (TPSA) is 29.5 Å². The summed E-state index contributed by atoms with van der Waals surface area (Å²) in [6.45, 7) is 2.30. The van der Waals surface area contributed by atoms with E-state index in [9.17, 15) is 5.11 Å². The zero-order valence-corrected chi connectivity index (χ0v) is 11.8. The summed E-state index contributed by atoms with van der Waals surface area (Å²) in [5.41, 5.74) is 1.19. The molecule has 17 heavy (non-hydrogen) atoms. The second-order valence-electron chi connectivity index (χ2n) is 3.78. The number of ether oxygens (including phenoxy) is 1. The van der Waals surface area contributed by atoms with Crippen LogP contribution in [0, 0.1) is 6.92 Å². The molecule has 2 nitrogen and oxygen atoms in total. The van der Waals surface area contributed by atoms with Crippen LogP contribution in [0.25, 0.3) is 0 Å². The quantitative estimate of drug-likeness (QED) is 0.927. The third-order valence-electron chi connectivity index (χ3n) is 2.35. The number of aliphatic hydroxyl groups is 1. The second kappa shape index (κ2) is 5.67. The Hall–Kier alpha value is -0.840. The maximum atomic E-state index is 9.91. The van der Waals surface area contributed by atoms with Gasteiger partial charge in [0.15, 0.2) is 0 Å². The minimum Gasteiger partial charge on any atom is -0.490 e. The molecule has 1 aromatic carbocycles. The highest BCUT2D eigenvalue weighted by Crippen LogP contribution is 2.27. The number of hydrogen-bond acceptors (Lipinski definition) is 3. The van der Waals surface area contributed by atoms with Crippen LogP contribution in [0.3, 0.4) is 0 Å². The number of halogens is 1. The van der Waals surface area contributed by atoms with Crippen molar-refractivity contribution < 1.29 is 9.84 Å². The largest absolute Gasteiger partial charge is 0.490 e. The number of benzene rings is 1. The van der Waals surface area contributed by atoms with Crippen LogP contribution in [0.4, 0.5) is 0 Å². The van der Waals surface area contributed by atoms with Gasteiger partial charge in [-0.05, 0) is 47.1 Å². The van der Waals surface area contributed by atoms with Crippen molar-refractivity contribution in [3.05, 3.63) is 50.6 Å². The maximum absolute atomic E-state index is 9.91. The molecule has 1 aromatic heterocycles. The molecule has 0 bridgehead atoms. The summed E-state index contributed by atoms with van der Waals surface area (Å²) in [5, 5.41) is 9.91. The summed E-state index contributed by atoms with van der Waals surface area (Å²) in [7, 11) is 0. The Balaban J connectivity index is 1.92. The van der Waals surface area contributed by atoms with Crippen LogP contribution in [0.1, 0.15) is 16.5 Å². The van der Waals surface area contributed by atoms with Crippen molar-refractivity contribution in [3.8, 4) is 5.75 Å². The lowest BCUT2D eigenvalue weighted by Gasteiger charge is -2.10. The van der Waals surface area contributed by atoms with Crippen LogP contribution in [0.15, 0.2) is 40.2 Å². The lowest BCUT2D eigenvalue weighted by atomic mass is 10.2. The van der Waals surface area contributed by atoms with Crippen molar-refractivity contribution in [2.24, 2.45) is 0 Å². The molecule has 1 heterocycles. The maximum Gasteiger partial charge on any atom is 0.122 e. The van der Waals surface area contributed by atoms with E-state index < -0.39 is 6.10 Å². The number of thiophene rings is 1. The molecule has 0 radical (unpaired) electrons. The Bertz CT molecular complexity index is 478. The fraction of sp³-hybridized carbons (Fsp3) is 0.231. The van der Waals surface area contributed by atoms with Crippen molar-refractivity contribution in [2.45, 2.75) is 13.0 Å². The van der Waals surface area contributed by atoms with Crippen LogP contribution in [-0.2, 0) is 0 Å². The van der Waals surface area contributed by atoms with Crippen molar-refractivity contribution in [2.75, 3.05) is 6.61 Å². The summed E-state index contributed by atoms with van der Waals surface area (Å²) >= 11 is 4.89. The van der Waals surface area contributed by atoms with E-state index in [1.807, 2.05) is 43.3 Å². The monoisotopic (exact) mass is 312 g/mol. The van der Waals surface area contributed by atoms with E-state index >= 15 is 0 Å². The van der Waals surface area contributed by atoms with Gasteiger partial charge in [-0.3, -0.25) is 0 Å². The molecule has 1 atom stereocenters. The van der Waals surface area contributed by atoms with Gasteiger partial charge in [-0.25, -0.2) is 0 Å². The Morgan fingerprint density at radius 2 is 1.94 bits per heavy atom. The average molecular weight is 313 g/mol. The molecule has 1 unspecified atom stereocenters. The minimum absolute atomic E-state index is 0.274. The molecule has 0 saturated carbocycles.